The van der Waals surface area contributed by atoms with E-state index in [4.69, 9.17) is 8.83 Å². The smallest absolute Gasteiger partial charge is 0.135 e. The monoisotopic (exact) mass is 1000 g/mol. The standard InChI is InChI=1S/C68H34N4O2S2/c69-35-41-30-58(72-56-22-18-38(40-20-24-64-52(28-40)44-10-2-6-14-62(44)74-64)26-48(56)50-32-54-46-12-4-8-16-66(46)76-68(54)34-60(50)72)42(36-70)29-57(41)71-55-21-17-37(39-19-23-63-51(27-39)43-9-1-5-13-61(43)73-63)25-47(55)49-31-53-45-11-3-7-15-65(45)75-67(53)33-59(49)71/h1-34H. The lowest BCUT2D eigenvalue weighted by molar-refractivity contribution is 0.668. The van der Waals surface area contributed by atoms with Crippen LogP contribution in [0.4, 0.5) is 0 Å². The van der Waals surface area contributed by atoms with E-state index in [0.29, 0.717) is 22.5 Å². The summed E-state index contributed by atoms with van der Waals surface area (Å²) in [5, 5.41) is 36.2. The van der Waals surface area contributed by atoms with Crippen LogP contribution < -0.4 is 0 Å². The second-order valence-electron chi connectivity index (χ2n) is 19.8. The van der Waals surface area contributed by atoms with E-state index < -0.39 is 0 Å². The minimum Gasteiger partial charge on any atom is -0.456 e. The van der Waals surface area contributed by atoms with Crippen LogP contribution in [0.15, 0.2) is 215 Å². The van der Waals surface area contributed by atoms with Crippen molar-refractivity contribution in [3.8, 4) is 45.8 Å². The molecule has 0 fully saturated rings. The Kier molecular flexibility index (Phi) is 8.36. The molecular weight excluding hydrogens is 969 g/mol. The third kappa shape index (κ3) is 5.77. The second-order valence-corrected chi connectivity index (χ2v) is 22.0. The summed E-state index contributed by atoms with van der Waals surface area (Å²) in [6.45, 7) is 0. The Morgan fingerprint density at radius 3 is 1.11 bits per heavy atom. The Balaban J connectivity index is 0.901. The molecule has 0 bridgehead atoms. The van der Waals surface area contributed by atoms with E-state index in [1.165, 1.54) is 30.9 Å². The lowest BCUT2D eigenvalue weighted by atomic mass is 10.00. The number of furan rings is 2. The highest BCUT2D eigenvalue weighted by molar-refractivity contribution is 7.26. The van der Waals surface area contributed by atoms with Crippen molar-refractivity contribution >= 4 is 151 Å². The van der Waals surface area contributed by atoms with Crippen molar-refractivity contribution in [3.63, 3.8) is 0 Å². The van der Waals surface area contributed by atoms with E-state index in [1.54, 1.807) is 22.7 Å². The van der Waals surface area contributed by atoms with Gasteiger partial charge in [-0.05, 0) is 131 Å². The van der Waals surface area contributed by atoms with Gasteiger partial charge in [-0.15, -0.1) is 22.7 Å². The van der Waals surface area contributed by atoms with Crippen molar-refractivity contribution in [2.24, 2.45) is 0 Å². The van der Waals surface area contributed by atoms with Gasteiger partial charge in [-0.1, -0.05) is 97.1 Å². The van der Waals surface area contributed by atoms with Crippen molar-refractivity contribution < 1.29 is 8.83 Å². The topological polar surface area (TPSA) is 83.7 Å². The summed E-state index contributed by atoms with van der Waals surface area (Å²) in [6, 6.07) is 77.9. The molecule has 0 radical (unpaired) electrons. The zero-order valence-electron chi connectivity index (χ0n) is 40.1. The van der Waals surface area contributed by atoms with Crippen LogP contribution in [0, 0.1) is 22.7 Å². The van der Waals surface area contributed by atoms with E-state index in [1.807, 2.05) is 48.5 Å². The number of nitrogens with zero attached hydrogens (tertiary/aromatic N) is 4. The third-order valence-corrected chi connectivity index (χ3v) is 18.1. The van der Waals surface area contributed by atoms with Gasteiger partial charge in [0.2, 0.25) is 0 Å². The van der Waals surface area contributed by atoms with Crippen molar-refractivity contribution in [2.45, 2.75) is 0 Å². The van der Waals surface area contributed by atoms with Gasteiger partial charge >= 0.3 is 0 Å². The van der Waals surface area contributed by atoms with Crippen LogP contribution in [0.5, 0.6) is 0 Å². The molecule has 6 nitrogen and oxygen atoms in total. The SMILES string of the molecule is N#Cc1cc(-n2c3ccc(-c4ccc5oc6ccccc6c5c4)cc3c3cc4c(cc32)sc2ccccc24)c(C#N)cc1-n1c2ccc(-c3ccc4oc5ccccc5c4c3)cc2c2cc3c(cc21)sc1ccccc13. The molecule has 6 aromatic heterocycles. The number of fused-ring (bicyclic) bond motifs is 18. The zero-order chi connectivity index (χ0) is 49.9. The van der Waals surface area contributed by atoms with Gasteiger partial charge in [0.15, 0.2) is 0 Å². The Morgan fingerprint density at radius 1 is 0.289 bits per heavy atom. The van der Waals surface area contributed by atoms with Crippen LogP contribution in [0.2, 0.25) is 0 Å². The van der Waals surface area contributed by atoms with Crippen molar-refractivity contribution in [1.29, 1.82) is 10.5 Å². The van der Waals surface area contributed by atoms with Crippen LogP contribution in [-0.2, 0) is 0 Å². The fourth-order valence-corrected chi connectivity index (χ4v) is 14.5. The zero-order valence-corrected chi connectivity index (χ0v) is 41.7. The molecule has 6 heterocycles. The number of nitriles is 2. The third-order valence-electron chi connectivity index (χ3n) is 15.8. The molecule has 0 saturated heterocycles. The van der Waals surface area contributed by atoms with Crippen molar-refractivity contribution in [1.82, 2.24) is 9.13 Å². The number of thiophene rings is 2. The Hall–Kier alpha value is -9.96. The first-order chi connectivity index (χ1) is 37.5. The number of rotatable bonds is 4. The molecule has 0 saturated carbocycles. The number of aromatic nitrogens is 2. The summed E-state index contributed by atoms with van der Waals surface area (Å²) in [5.41, 5.74) is 13.8. The molecule has 0 aliphatic carbocycles. The average Bonchev–Trinajstić information content (AvgIpc) is 4.52. The van der Waals surface area contributed by atoms with E-state index >= 15 is 0 Å². The summed E-state index contributed by atoms with van der Waals surface area (Å²) in [6.07, 6.45) is 0. The minimum atomic E-state index is 0.459. The van der Waals surface area contributed by atoms with E-state index in [0.717, 1.165) is 119 Å². The summed E-state index contributed by atoms with van der Waals surface area (Å²) in [4.78, 5) is 0. The lowest BCUT2D eigenvalue weighted by Crippen LogP contribution is -2.04. The highest BCUT2D eigenvalue weighted by Crippen LogP contribution is 2.46. The number of para-hydroxylation sites is 2. The summed E-state index contributed by atoms with van der Waals surface area (Å²) in [5.74, 6) is 0. The van der Waals surface area contributed by atoms with Gasteiger partial charge in [0.05, 0.1) is 44.6 Å². The van der Waals surface area contributed by atoms with E-state index in [9.17, 15) is 10.5 Å². The van der Waals surface area contributed by atoms with Crippen LogP contribution in [0.25, 0.3) is 161 Å². The van der Waals surface area contributed by atoms with Gasteiger partial charge in [0.25, 0.3) is 0 Å². The molecule has 8 heteroatoms. The molecule has 0 aliphatic rings. The molecule has 17 rings (SSSR count). The number of hydrogen-bond acceptors (Lipinski definition) is 6. The maximum atomic E-state index is 11.4. The first-order valence-corrected chi connectivity index (χ1v) is 26.8. The highest BCUT2D eigenvalue weighted by Gasteiger charge is 2.24. The predicted octanol–water partition coefficient (Wildman–Crippen LogP) is 19.5. The largest absolute Gasteiger partial charge is 0.456 e. The first-order valence-electron chi connectivity index (χ1n) is 25.1. The van der Waals surface area contributed by atoms with Gasteiger partial charge in [0.1, 0.15) is 34.5 Å². The Morgan fingerprint density at radius 2 is 0.658 bits per heavy atom. The molecule has 0 aliphatic heterocycles. The van der Waals surface area contributed by atoms with Gasteiger partial charge in [0, 0.05) is 83.4 Å². The predicted molar refractivity (Wildman–Crippen MR) is 316 cm³/mol. The van der Waals surface area contributed by atoms with Crippen LogP contribution in [0.3, 0.4) is 0 Å². The Labute approximate surface area is 439 Å². The molecule has 11 aromatic carbocycles. The van der Waals surface area contributed by atoms with Crippen molar-refractivity contribution in [3.05, 3.63) is 217 Å². The molecule has 17 aromatic rings. The maximum Gasteiger partial charge on any atom is 0.135 e. The maximum absolute atomic E-state index is 11.4. The van der Waals surface area contributed by atoms with Crippen LogP contribution in [0.1, 0.15) is 11.1 Å². The minimum absolute atomic E-state index is 0.459. The van der Waals surface area contributed by atoms with Gasteiger partial charge in [-0.2, -0.15) is 10.5 Å². The molecule has 0 N–H and O–H groups in total. The molecule has 0 atom stereocenters. The Bertz CT molecular complexity index is 5180. The normalized spacial score (nSPS) is 12.2. The van der Waals surface area contributed by atoms with Crippen molar-refractivity contribution in [2.75, 3.05) is 0 Å². The second kappa shape index (κ2) is 15.3. The van der Waals surface area contributed by atoms with Crippen LogP contribution in [-0.4, -0.2) is 9.13 Å². The lowest BCUT2D eigenvalue weighted by Gasteiger charge is -2.16. The van der Waals surface area contributed by atoms with Crippen LogP contribution >= 0.6 is 22.7 Å². The van der Waals surface area contributed by atoms with E-state index in [2.05, 4.69) is 179 Å². The fraction of sp³-hybridized carbons (Fsp3) is 0. The van der Waals surface area contributed by atoms with Gasteiger partial charge in [-0.25, -0.2) is 0 Å². The van der Waals surface area contributed by atoms with Gasteiger partial charge < -0.3 is 18.0 Å². The van der Waals surface area contributed by atoms with Gasteiger partial charge in [-0.3, -0.25) is 0 Å². The molecule has 76 heavy (non-hydrogen) atoms. The first kappa shape index (κ1) is 41.5. The molecular formula is C68H34N4O2S2. The number of benzene rings is 11. The number of hydrogen-bond donors (Lipinski definition) is 0. The molecule has 0 amide bonds. The quantitative estimate of drug-likeness (QED) is 0.176. The molecule has 0 unspecified atom stereocenters. The average molecular weight is 1000 g/mol. The molecule has 0 spiro atoms. The highest BCUT2D eigenvalue weighted by atomic mass is 32.1. The van der Waals surface area contributed by atoms with E-state index in [-0.39, 0.29) is 0 Å². The molecule has 350 valence electrons. The summed E-state index contributed by atoms with van der Waals surface area (Å²) >= 11 is 3.54. The summed E-state index contributed by atoms with van der Waals surface area (Å²) < 4.78 is 21.6. The fourth-order valence-electron chi connectivity index (χ4n) is 12.3. The summed E-state index contributed by atoms with van der Waals surface area (Å²) in [7, 11) is 0.